The van der Waals surface area contributed by atoms with Crippen LogP contribution in [0.15, 0.2) is 0 Å². The number of hydrogen-bond donors (Lipinski definition) is 3. The summed E-state index contributed by atoms with van der Waals surface area (Å²) in [5.41, 5.74) is 5.71. The van der Waals surface area contributed by atoms with Gasteiger partial charge in [-0.25, -0.2) is 4.79 Å². The van der Waals surface area contributed by atoms with Gasteiger partial charge in [0, 0.05) is 0 Å². The first-order valence-electron chi connectivity index (χ1n) is 5.60. The summed E-state index contributed by atoms with van der Waals surface area (Å²) in [6.45, 7) is 7.30. The van der Waals surface area contributed by atoms with Crippen molar-refractivity contribution in [1.29, 1.82) is 0 Å². The second-order valence-electron chi connectivity index (χ2n) is 4.48. The van der Waals surface area contributed by atoms with Gasteiger partial charge in [0.15, 0.2) is 0 Å². The van der Waals surface area contributed by atoms with Crippen LogP contribution < -0.4 is 11.1 Å². The van der Waals surface area contributed by atoms with E-state index in [9.17, 15) is 9.59 Å². The maximum absolute atomic E-state index is 11.7. The number of carbonyl (C=O) groups excluding carboxylic acids is 1. The quantitative estimate of drug-likeness (QED) is 0.622. The molecule has 5 nitrogen and oxygen atoms in total. The van der Waals surface area contributed by atoms with Crippen LogP contribution in [-0.2, 0) is 9.59 Å². The molecule has 0 rings (SSSR count). The number of amides is 1. The van der Waals surface area contributed by atoms with Gasteiger partial charge in [0.1, 0.15) is 6.04 Å². The SMILES string of the molecule is CC[C@@H](C)[C@H](N)C(=O)N[C@H](C(=O)O)C(C)C. The van der Waals surface area contributed by atoms with Crippen LogP contribution in [0, 0.1) is 11.8 Å². The predicted molar refractivity (Wildman–Crippen MR) is 61.8 cm³/mol. The van der Waals surface area contributed by atoms with Gasteiger partial charge in [-0.15, -0.1) is 0 Å². The molecule has 0 aromatic carbocycles. The summed E-state index contributed by atoms with van der Waals surface area (Å²) in [6, 6.07) is -1.52. The van der Waals surface area contributed by atoms with E-state index in [0.29, 0.717) is 0 Å². The standard InChI is InChI=1S/C11H22N2O3/c1-5-7(4)8(12)10(14)13-9(6(2)3)11(15)16/h6-9H,5,12H2,1-4H3,(H,13,14)(H,15,16)/t7-,8+,9+/m1/s1. The monoisotopic (exact) mass is 230 g/mol. The first kappa shape index (κ1) is 14.9. The number of rotatable bonds is 6. The van der Waals surface area contributed by atoms with E-state index in [1.165, 1.54) is 0 Å². The lowest BCUT2D eigenvalue weighted by Gasteiger charge is -2.23. The molecule has 0 bridgehead atoms. The minimum absolute atomic E-state index is 0.0432. The molecule has 0 aliphatic carbocycles. The molecular formula is C11H22N2O3. The summed E-state index contributed by atoms with van der Waals surface area (Å²) in [4.78, 5) is 22.5. The van der Waals surface area contributed by atoms with E-state index in [4.69, 9.17) is 10.8 Å². The molecule has 0 unspecified atom stereocenters. The van der Waals surface area contributed by atoms with Crippen molar-refractivity contribution in [3.63, 3.8) is 0 Å². The first-order chi connectivity index (χ1) is 7.31. The molecule has 0 saturated carbocycles. The van der Waals surface area contributed by atoms with E-state index in [0.717, 1.165) is 6.42 Å². The Morgan fingerprint density at radius 3 is 2.12 bits per heavy atom. The van der Waals surface area contributed by atoms with Crippen LogP contribution in [0.3, 0.4) is 0 Å². The molecule has 0 radical (unpaired) electrons. The fourth-order valence-electron chi connectivity index (χ4n) is 1.28. The highest BCUT2D eigenvalue weighted by molar-refractivity contribution is 5.87. The Balaban J connectivity index is 4.46. The van der Waals surface area contributed by atoms with E-state index in [1.807, 2.05) is 13.8 Å². The molecule has 0 heterocycles. The molecule has 0 fully saturated rings. The van der Waals surface area contributed by atoms with Gasteiger partial charge >= 0.3 is 5.97 Å². The number of nitrogens with two attached hydrogens (primary N) is 1. The molecule has 0 aromatic heterocycles. The van der Waals surface area contributed by atoms with E-state index >= 15 is 0 Å². The highest BCUT2D eigenvalue weighted by atomic mass is 16.4. The molecule has 0 aromatic rings. The lowest BCUT2D eigenvalue weighted by atomic mass is 9.98. The predicted octanol–water partition coefficient (Wildman–Crippen LogP) is 0.585. The summed E-state index contributed by atoms with van der Waals surface area (Å²) < 4.78 is 0. The summed E-state index contributed by atoms with van der Waals surface area (Å²) in [7, 11) is 0. The lowest BCUT2D eigenvalue weighted by molar-refractivity contribution is -0.143. The third kappa shape index (κ3) is 4.18. The zero-order chi connectivity index (χ0) is 12.9. The van der Waals surface area contributed by atoms with Crippen LogP contribution in [0.2, 0.25) is 0 Å². The van der Waals surface area contributed by atoms with Gasteiger partial charge in [0.25, 0.3) is 0 Å². The van der Waals surface area contributed by atoms with Crippen molar-refractivity contribution >= 4 is 11.9 Å². The molecule has 5 heteroatoms. The smallest absolute Gasteiger partial charge is 0.326 e. The molecule has 0 spiro atoms. The molecule has 1 amide bonds. The number of carboxylic acid groups (broad SMARTS) is 1. The summed E-state index contributed by atoms with van der Waals surface area (Å²) in [6.07, 6.45) is 0.786. The third-order valence-corrected chi connectivity index (χ3v) is 2.79. The minimum atomic E-state index is -1.03. The van der Waals surface area contributed by atoms with Crippen molar-refractivity contribution in [3.8, 4) is 0 Å². The van der Waals surface area contributed by atoms with E-state index in [1.54, 1.807) is 13.8 Å². The average molecular weight is 230 g/mol. The number of aliphatic carboxylic acids is 1. The van der Waals surface area contributed by atoms with Gasteiger partial charge in [-0.05, 0) is 11.8 Å². The van der Waals surface area contributed by atoms with Gasteiger partial charge in [-0.1, -0.05) is 34.1 Å². The molecule has 4 N–H and O–H groups in total. The Labute approximate surface area is 96.4 Å². The average Bonchev–Trinajstić information content (AvgIpc) is 2.22. The minimum Gasteiger partial charge on any atom is -0.480 e. The van der Waals surface area contributed by atoms with Crippen molar-refractivity contribution in [2.24, 2.45) is 17.6 Å². The Hall–Kier alpha value is -1.10. The molecule has 0 aliphatic rings. The van der Waals surface area contributed by atoms with Crippen LogP contribution in [0.5, 0.6) is 0 Å². The first-order valence-corrected chi connectivity index (χ1v) is 5.60. The Kier molecular flexibility index (Phi) is 6.03. The third-order valence-electron chi connectivity index (χ3n) is 2.79. The number of carbonyl (C=O) groups is 2. The van der Waals surface area contributed by atoms with Gasteiger partial charge < -0.3 is 16.2 Å². The Bertz CT molecular complexity index is 254. The van der Waals surface area contributed by atoms with Crippen LogP contribution in [-0.4, -0.2) is 29.1 Å². The van der Waals surface area contributed by atoms with Gasteiger partial charge in [-0.2, -0.15) is 0 Å². The van der Waals surface area contributed by atoms with E-state index in [-0.39, 0.29) is 11.8 Å². The van der Waals surface area contributed by atoms with Gasteiger partial charge in [0.05, 0.1) is 6.04 Å². The fraction of sp³-hybridized carbons (Fsp3) is 0.818. The topological polar surface area (TPSA) is 92.4 Å². The maximum atomic E-state index is 11.7. The van der Waals surface area contributed by atoms with Gasteiger partial charge in [-0.3, -0.25) is 4.79 Å². The van der Waals surface area contributed by atoms with Crippen LogP contribution >= 0.6 is 0 Å². The summed E-state index contributed by atoms with van der Waals surface area (Å²) >= 11 is 0. The molecule has 16 heavy (non-hydrogen) atoms. The number of hydrogen-bond acceptors (Lipinski definition) is 3. The maximum Gasteiger partial charge on any atom is 0.326 e. The van der Waals surface area contributed by atoms with Crippen molar-refractivity contribution in [2.75, 3.05) is 0 Å². The van der Waals surface area contributed by atoms with Crippen molar-refractivity contribution in [2.45, 2.75) is 46.2 Å². The highest BCUT2D eigenvalue weighted by Gasteiger charge is 2.27. The number of carboxylic acids is 1. The normalized spacial score (nSPS) is 16.6. The van der Waals surface area contributed by atoms with E-state index < -0.39 is 24.0 Å². The van der Waals surface area contributed by atoms with Gasteiger partial charge in [0.2, 0.25) is 5.91 Å². The summed E-state index contributed by atoms with van der Waals surface area (Å²) in [5.74, 6) is -1.54. The van der Waals surface area contributed by atoms with Crippen molar-refractivity contribution in [3.05, 3.63) is 0 Å². The molecular weight excluding hydrogens is 208 g/mol. The Morgan fingerprint density at radius 1 is 1.31 bits per heavy atom. The van der Waals surface area contributed by atoms with E-state index in [2.05, 4.69) is 5.32 Å². The summed E-state index contributed by atoms with van der Waals surface area (Å²) in [5, 5.41) is 11.4. The second-order valence-corrected chi connectivity index (χ2v) is 4.48. The fourth-order valence-corrected chi connectivity index (χ4v) is 1.28. The van der Waals surface area contributed by atoms with Crippen LogP contribution in [0.4, 0.5) is 0 Å². The van der Waals surface area contributed by atoms with Crippen LogP contribution in [0.25, 0.3) is 0 Å². The highest BCUT2D eigenvalue weighted by Crippen LogP contribution is 2.07. The molecule has 3 atom stereocenters. The van der Waals surface area contributed by atoms with Crippen LogP contribution in [0.1, 0.15) is 34.1 Å². The second kappa shape index (κ2) is 6.48. The number of nitrogens with one attached hydrogen (secondary N) is 1. The van der Waals surface area contributed by atoms with Crippen molar-refractivity contribution in [1.82, 2.24) is 5.32 Å². The molecule has 0 aliphatic heterocycles. The lowest BCUT2D eigenvalue weighted by Crippen LogP contribution is -2.52. The Morgan fingerprint density at radius 2 is 1.81 bits per heavy atom. The van der Waals surface area contributed by atoms with Crippen molar-refractivity contribution < 1.29 is 14.7 Å². The molecule has 0 saturated heterocycles. The molecule has 94 valence electrons. The zero-order valence-corrected chi connectivity index (χ0v) is 10.4. The zero-order valence-electron chi connectivity index (χ0n) is 10.4. The largest absolute Gasteiger partial charge is 0.480 e.